The number of ether oxygens (including phenoxy) is 1. The van der Waals surface area contributed by atoms with Crippen LogP contribution in [-0.4, -0.2) is 26.2 Å². The summed E-state index contributed by atoms with van der Waals surface area (Å²) < 4.78 is 7.35. The van der Waals surface area contributed by atoms with Crippen LogP contribution in [0.3, 0.4) is 0 Å². The summed E-state index contributed by atoms with van der Waals surface area (Å²) in [6.07, 6.45) is 0. The molecule has 8 nitrogen and oxygen atoms in total. The van der Waals surface area contributed by atoms with Crippen LogP contribution in [0.25, 0.3) is 22.4 Å². The molecule has 0 radical (unpaired) electrons. The molecule has 3 aromatic rings. The van der Waals surface area contributed by atoms with Gasteiger partial charge in [0.15, 0.2) is 17.0 Å². The zero-order valence-electron chi connectivity index (χ0n) is 12.9. The summed E-state index contributed by atoms with van der Waals surface area (Å²) in [5.41, 5.74) is 6.32. The molecule has 0 aliphatic carbocycles. The number of hydrogen-bond acceptors (Lipinski definition) is 6. The number of methoxy groups -OCH3 is 1. The van der Waals surface area contributed by atoms with Gasteiger partial charge in [-0.3, -0.25) is 13.9 Å². The number of benzene rings is 1. The fraction of sp³-hybridized carbons (Fsp3) is 0.200. The first-order valence-corrected chi connectivity index (χ1v) is 6.81. The Kier molecular flexibility index (Phi) is 3.36. The van der Waals surface area contributed by atoms with Crippen molar-refractivity contribution in [2.24, 2.45) is 14.1 Å². The summed E-state index contributed by atoms with van der Waals surface area (Å²) >= 11 is 0. The van der Waals surface area contributed by atoms with Gasteiger partial charge in [-0.2, -0.15) is 0 Å². The van der Waals surface area contributed by atoms with Crippen LogP contribution in [0.2, 0.25) is 0 Å². The molecule has 0 saturated carbocycles. The Bertz CT molecular complexity index is 1020. The van der Waals surface area contributed by atoms with E-state index in [1.165, 1.54) is 18.7 Å². The second-order valence-electron chi connectivity index (χ2n) is 5.06. The quantitative estimate of drug-likeness (QED) is 0.729. The molecule has 3 rings (SSSR count). The van der Waals surface area contributed by atoms with Crippen LogP contribution in [0.1, 0.15) is 0 Å². The molecule has 118 valence electrons. The van der Waals surface area contributed by atoms with Crippen molar-refractivity contribution >= 4 is 17.0 Å². The number of nitrogens with zero attached hydrogens (tertiary/aromatic N) is 4. The smallest absolute Gasteiger partial charge is 0.332 e. The molecule has 0 bridgehead atoms. The maximum absolute atomic E-state index is 12.3. The van der Waals surface area contributed by atoms with Crippen LogP contribution >= 0.6 is 0 Å². The lowest BCUT2D eigenvalue weighted by Gasteiger charge is -2.10. The summed E-state index contributed by atoms with van der Waals surface area (Å²) in [5.74, 6) is 0.838. The molecule has 8 heteroatoms. The van der Waals surface area contributed by atoms with Gasteiger partial charge in [0.05, 0.1) is 7.11 Å². The molecule has 2 N–H and O–H groups in total. The minimum atomic E-state index is -0.509. The Morgan fingerprint density at radius 2 is 1.70 bits per heavy atom. The highest BCUT2D eigenvalue weighted by atomic mass is 16.5. The van der Waals surface area contributed by atoms with Gasteiger partial charge in [-0.15, -0.1) is 0 Å². The van der Waals surface area contributed by atoms with Crippen LogP contribution < -0.4 is 21.7 Å². The molecule has 0 atom stereocenters. The molecule has 0 fully saturated rings. The average Bonchev–Trinajstić information content (AvgIpc) is 2.58. The third kappa shape index (κ3) is 2.24. The van der Waals surface area contributed by atoms with Crippen molar-refractivity contribution in [3.63, 3.8) is 0 Å². The van der Waals surface area contributed by atoms with E-state index in [2.05, 4.69) is 9.97 Å². The largest absolute Gasteiger partial charge is 0.497 e. The lowest BCUT2D eigenvalue weighted by molar-refractivity contribution is 0.415. The standard InChI is InChI=1S/C15H15N5O3/c1-19-13-11(14(21)20(2)15(19)22)17-10(12(16)18-13)8-4-6-9(23-3)7-5-8/h4-7H,1-3H3,(H2,16,18). The van der Waals surface area contributed by atoms with E-state index in [1.54, 1.807) is 31.4 Å². The van der Waals surface area contributed by atoms with Crippen LogP contribution in [0.5, 0.6) is 5.75 Å². The summed E-state index contributed by atoms with van der Waals surface area (Å²) in [7, 11) is 4.49. The van der Waals surface area contributed by atoms with Crippen molar-refractivity contribution in [3.05, 3.63) is 45.1 Å². The van der Waals surface area contributed by atoms with E-state index in [9.17, 15) is 9.59 Å². The van der Waals surface area contributed by atoms with E-state index in [4.69, 9.17) is 10.5 Å². The zero-order chi connectivity index (χ0) is 16.7. The number of nitrogen functional groups attached to an aromatic ring is 1. The molecule has 0 unspecified atom stereocenters. The molecule has 2 heterocycles. The van der Waals surface area contributed by atoms with Gasteiger partial charge in [-0.05, 0) is 24.3 Å². The van der Waals surface area contributed by atoms with Gasteiger partial charge in [-0.1, -0.05) is 0 Å². The van der Waals surface area contributed by atoms with Crippen LogP contribution in [-0.2, 0) is 14.1 Å². The topological polar surface area (TPSA) is 105 Å². The summed E-state index contributed by atoms with van der Waals surface area (Å²) in [5, 5.41) is 0. The summed E-state index contributed by atoms with van der Waals surface area (Å²) in [6.45, 7) is 0. The van der Waals surface area contributed by atoms with E-state index in [1.807, 2.05) is 0 Å². The molecule has 2 aromatic heterocycles. The molecular formula is C15H15N5O3. The van der Waals surface area contributed by atoms with E-state index in [0.29, 0.717) is 17.0 Å². The predicted molar refractivity (Wildman–Crippen MR) is 86.4 cm³/mol. The van der Waals surface area contributed by atoms with Crippen LogP contribution in [0.4, 0.5) is 5.82 Å². The third-order valence-electron chi connectivity index (χ3n) is 3.67. The Hall–Kier alpha value is -3.16. The van der Waals surface area contributed by atoms with E-state index < -0.39 is 11.2 Å². The lowest BCUT2D eigenvalue weighted by atomic mass is 10.1. The zero-order valence-corrected chi connectivity index (χ0v) is 12.9. The van der Waals surface area contributed by atoms with Gasteiger partial charge in [0, 0.05) is 19.7 Å². The minimum Gasteiger partial charge on any atom is -0.497 e. The minimum absolute atomic E-state index is 0.0922. The van der Waals surface area contributed by atoms with Crippen molar-refractivity contribution in [1.29, 1.82) is 0 Å². The molecular weight excluding hydrogens is 298 g/mol. The van der Waals surface area contributed by atoms with Gasteiger partial charge in [-0.25, -0.2) is 14.8 Å². The number of nitrogens with two attached hydrogens (primary N) is 1. The van der Waals surface area contributed by atoms with Crippen LogP contribution in [0, 0.1) is 0 Å². The Labute approximate surface area is 130 Å². The molecule has 23 heavy (non-hydrogen) atoms. The highest BCUT2D eigenvalue weighted by molar-refractivity contribution is 5.79. The van der Waals surface area contributed by atoms with E-state index >= 15 is 0 Å². The first kappa shape index (κ1) is 14.8. The number of hydrogen-bond donors (Lipinski definition) is 1. The second kappa shape index (κ2) is 5.24. The van der Waals surface area contributed by atoms with Gasteiger partial charge in [0.2, 0.25) is 0 Å². The maximum Gasteiger partial charge on any atom is 0.332 e. The highest BCUT2D eigenvalue weighted by Gasteiger charge is 2.15. The lowest BCUT2D eigenvalue weighted by Crippen LogP contribution is -2.37. The molecule has 1 aromatic carbocycles. The van der Waals surface area contributed by atoms with Crippen molar-refractivity contribution < 1.29 is 4.74 Å². The molecule has 0 saturated heterocycles. The van der Waals surface area contributed by atoms with Crippen LogP contribution in [0.15, 0.2) is 33.9 Å². The number of rotatable bonds is 2. The fourth-order valence-corrected chi connectivity index (χ4v) is 2.34. The van der Waals surface area contributed by atoms with Gasteiger partial charge in [0.25, 0.3) is 5.56 Å². The molecule has 0 aliphatic heterocycles. The number of anilines is 1. The molecule has 0 spiro atoms. The Balaban J connectivity index is 2.33. The fourth-order valence-electron chi connectivity index (χ4n) is 2.34. The number of fused-ring (bicyclic) bond motifs is 1. The molecule has 0 aliphatic rings. The first-order valence-electron chi connectivity index (χ1n) is 6.81. The Morgan fingerprint density at radius 1 is 1.04 bits per heavy atom. The van der Waals surface area contributed by atoms with Crippen molar-refractivity contribution in [2.75, 3.05) is 12.8 Å². The van der Waals surface area contributed by atoms with Gasteiger partial charge in [0.1, 0.15) is 11.4 Å². The van der Waals surface area contributed by atoms with Gasteiger partial charge < -0.3 is 10.5 Å². The highest BCUT2D eigenvalue weighted by Crippen LogP contribution is 2.25. The van der Waals surface area contributed by atoms with Gasteiger partial charge >= 0.3 is 5.69 Å². The van der Waals surface area contributed by atoms with Crippen molar-refractivity contribution in [2.45, 2.75) is 0 Å². The SMILES string of the molecule is COc1ccc(-c2nc3c(=O)n(C)c(=O)n(C)c3nc2N)cc1. The molecule has 0 amide bonds. The number of aryl methyl sites for hydroxylation is 1. The van der Waals surface area contributed by atoms with Crippen molar-refractivity contribution in [3.8, 4) is 17.0 Å². The van der Waals surface area contributed by atoms with Crippen molar-refractivity contribution in [1.82, 2.24) is 19.1 Å². The number of aromatic nitrogens is 4. The summed E-state index contributed by atoms with van der Waals surface area (Å²) in [6, 6.07) is 7.08. The maximum atomic E-state index is 12.3. The normalized spacial score (nSPS) is 10.9. The average molecular weight is 313 g/mol. The second-order valence-corrected chi connectivity index (χ2v) is 5.06. The first-order chi connectivity index (χ1) is 10.9. The monoisotopic (exact) mass is 313 g/mol. The Morgan fingerprint density at radius 3 is 2.30 bits per heavy atom. The third-order valence-corrected chi connectivity index (χ3v) is 3.67. The predicted octanol–water partition coefficient (Wildman–Crippen LogP) is 0.285. The van der Waals surface area contributed by atoms with E-state index in [0.717, 1.165) is 4.57 Å². The summed E-state index contributed by atoms with van der Waals surface area (Å²) in [4.78, 5) is 32.8. The van der Waals surface area contributed by atoms with E-state index in [-0.39, 0.29) is 17.0 Å².